The lowest BCUT2D eigenvalue weighted by molar-refractivity contribution is 0.111. The molecule has 0 aromatic heterocycles. The first kappa shape index (κ1) is 18.7. The Labute approximate surface area is 153 Å². The van der Waals surface area contributed by atoms with Crippen molar-refractivity contribution in [2.45, 2.75) is 83.7 Å². The highest BCUT2D eigenvalue weighted by atomic mass is 19.1. The van der Waals surface area contributed by atoms with Crippen molar-refractivity contribution in [3.05, 3.63) is 47.5 Å². The number of alkyl halides is 1. The van der Waals surface area contributed by atoms with Crippen LogP contribution in [0.1, 0.15) is 76.3 Å². The molecule has 1 aromatic carbocycles. The summed E-state index contributed by atoms with van der Waals surface area (Å²) in [6, 6.07) is 8.97. The number of fused-ring (bicyclic) bond motifs is 1. The van der Waals surface area contributed by atoms with Gasteiger partial charge in [-0.25, -0.2) is 4.39 Å². The van der Waals surface area contributed by atoms with Gasteiger partial charge in [0.1, 0.15) is 5.67 Å². The molecule has 3 rings (SSSR count). The predicted octanol–water partition coefficient (Wildman–Crippen LogP) is 7.07. The maximum absolute atomic E-state index is 13.9. The number of hydrogen-bond acceptors (Lipinski definition) is 0. The number of allylic oxidation sites excluding steroid dienone is 1. The Hall–Kier alpha value is -1.11. The summed E-state index contributed by atoms with van der Waals surface area (Å²) in [5, 5.41) is 0. The van der Waals surface area contributed by atoms with Gasteiger partial charge in [0.15, 0.2) is 0 Å². The Kier molecular flexibility index (Phi) is 6.02. The highest BCUT2D eigenvalue weighted by Gasteiger charge is 2.31. The monoisotopic (exact) mass is 342 g/mol. The van der Waals surface area contributed by atoms with Crippen molar-refractivity contribution < 1.29 is 4.39 Å². The summed E-state index contributed by atoms with van der Waals surface area (Å²) in [5.74, 6) is 2.20. The average molecular weight is 343 g/mol. The lowest BCUT2D eigenvalue weighted by atomic mass is 9.75. The van der Waals surface area contributed by atoms with Gasteiger partial charge in [0.05, 0.1) is 0 Å². The third kappa shape index (κ3) is 4.96. The summed E-state index contributed by atoms with van der Waals surface area (Å²) in [6.45, 7) is 8.54. The molecule has 138 valence electrons. The second-order valence-electron chi connectivity index (χ2n) is 8.99. The molecule has 1 saturated carbocycles. The first-order valence-electron chi connectivity index (χ1n) is 10.4. The molecule has 1 aromatic rings. The highest BCUT2D eigenvalue weighted by molar-refractivity contribution is 5.29. The van der Waals surface area contributed by atoms with Crippen molar-refractivity contribution in [2.24, 2.45) is 17.8 Å². The fourth-order valence-electron chi connectivity index (χ4n) is 4.93. The number of aryl methyl sites for hydroxylation is 1. The molecule has 0 nitrogen and oxygen atoms in total. The minimum atomic E-state index is -0.928. The summed E-state index contributed by atoms with van der Waals surface area (Å²) in [5.41, 5.74) is 3.60. The molecule has 1 fully saturated rings. The maximum atomic E-state index is 13.9. The van der Waals surface area contributed by atoms with Crippen LogP contribution in [0.4, 0.5) is 4.39 Å². The van der Waals surface area contributed by atoms with Gasteiger partial charge in [0.2, 0.25) is 0 Å². The van der Waals surface area contributed by atoms with Crippen LogP contribution >= 0.6 is 0 Å². The van der Waals surface area contributed by atoms with Crippen molar-refractivity contribution in [3.8, 4) is 0 Å². The van der Waals surface area contributed by atoms with E-state index in [1.54, 1.807) is 18.1 Å². The zero-order chi connectivity index (χ0) is 17.9. The third-order valence-electron chi connectivity index (χ3n) is 6.95. The fourth-order valence-corrected chi connectivity index (χ4v) is 4.93. The van der Waals surface area contributed by atoms with Gasteiger partial charge in [-0.05, 0) is 93.6 Å². The van der Waals surface area contributed by atoms with Crippen LogP contribution in [0.2, 0.25) is 0 Å². The van der Waals surface area contributed by atoms with Crippen LogP contribution in [-0.2, 0) is 12.8 Å². The van der Waals surface area contributed by atoms with Crippen molar-refractivity contribution in [3.63, 3.8) is 0 Å². The van der Waals surface area contributed by atoms with E-state index in [4.69, 9.17) is 0 Å². The molecule has 2 unspecified atom stereocenters. The van der Waals surface area contributed by atoms with Crippen LogP contribution in [-0.4, -0.2) is 5.67 Å². The predicted molar refractivity (Wildman–Crippen MR) is 106 cm³/mol. The Balaban J connectivity index is 1.40. The van der Waals surface area contributed by atoms with Crippen LogP contribution in [0.5, 0.6) is 0 Å². The molecule has 0 bridgehead atoms. The second-order valence-corrected chi connectivity index (χ2v) is 8.99. The van der Waals surface area contributed by atoms with Crippen molar-refractivity contribution in [1.29, 1.82) is 0 Å². The zero-order valence-electron chi connectivity index (χ0n) is 16.2. The number of benzene rings is 1. The van der Waals surface area contributed by atoms with Crippen LogP contribution < -0.4 is 0 Å². The van der Waals surface area contributed by atoms with E-state index in [2.05, 4.69) is 37.8 Å². The van der Waals surface area contributed by atoms with Crippen molar-refractivity contribution in [2.75, 3.05) is 0 Å². The van der Waals surface area contributed by atoms with E-state index in [0.29, 0.717) is 18.8 Å². The Morgan fingerprint density at radius 3 is 2.60 bits per heavy atom. The normalized spacial score (nSPS) is 30.5. The van der Waals surface area contributed by atoms with Crippen LogP contribution in [0.3, 0.4) is 0 Å². The quantitative estimate of drug-likeness (QED) is 0.485. The van der Waals surface area contributed by atoms with E-state index in [-0.39, 0.29) is 0 Å². The summed E-state index contributed by atoms with van der Waals surface area (Å²) in [6.07, 6.45) is 11.0. The lowest BCUT2D eigenvalue weighted by Crippen LogP contribution is -2.26. The fraction of sp³-hybridized carbons (Fsp3) is 0.667. The van der Waals surface area contributed by atoms with Gasteiger partial charge in [-0.1, -0.05) is 49.8 Å². The summed E-state index contributed by atoms with van der Waals surface area (Å²) >= 11 is 0. The third-order valence-corrected chi connectivity index (χ3v) is 6.95. The standard InChI is InChI=1S/C24H35F/c1-18(20-13-15-24(3,25)16-14-20)7-6-8-19(2)22-12-11-21-9-4-5-10-23(21)17-22/h4-5,9-10,19-20,22H,1,6-8,11-17H2,2-3H3. The second kappa shape index (κ2) is 8.06. The van der Waals surface area contributed by atoms with E-state index in [1.165, 1.54) is 37.7 Å². The minimum absolute atomic E-state index is 0.570. The van der Waals surface area contributed by atoms with Crippen LogP contribution in [0.25, 0.3) is 0 Å². The van der Waals surface area contributed by atoms with Crippen LogP contribution in [0, 0.1) is 17.8 Å². The van der Waals surface area contributed by atoms with Gasteiger partial charge < -0.3 is 0 Å². The molecule has 0 amide bonds. The molecule has 0 spiro atoms. The molecule has 25 heavy (non-hydrogen) atoms. The molecule has 0 aliphatic heterocycles. The van der Waals surface area contributed by atoms with Crippen molar-refractivity contribution >= 4 is 0 Å². The number of hydrogen-bond donors (Lipinski definition) is 0. The van der Waals surface area contributed by atoms with Gasteiger partial charge in [0, 0.05) is 0 Å². The summed E-state index contributed by atoms with van der Waals surface area (Å²) < 4.78 is 13.9. The molecular weight excluding hydrogens is 307 g/mol. The zero-order valence-corrected chi connectivity index (χ0v) is 16.2. The molecule has 0 saturated heterocycles. The Bertz CT molecular complexity index is 576. The highest BCUT2D eigenvalue weighted by Crippen LogP contribution is 2.39. The SMILES string of the molecule is C=C(CCCC(C)C1CCc2ccccc2C1)C1CCC(C)(F)CC1. The lowest BCUT2D eigenvalue weighted by Gasteiger charge is -2.32. The van der Waals surface area contributed by atoms with Gasteiger partial charge in [0.25, 0.3) is 0 Å². The van der Waals surface area contributed by atoms with Gasteiger partial charge in [-0.3, -0.25) is 0 Å². The van der Waals surface area contributed by atoms with E-state index in [0.717, 1.165) is 31.1 Å². The summed E-state index contributed by atoms with van der Waals surface area (Å²) in [7, 11) is 0. The van der Waals surface area contributed by atoms with Gasteiger partial charge in [-0.2, -0.15) is 0 Å². The molecule has 0 N–H and O–H groups in total. The van der Waals surface area contributed by atoms with E-state index >= 15 is 0 Å². The number of rotatable bonds is 6. The molecular formula is C24H35F. The van der Waals surface area contributed by atoms with Crippen molar-refractivity contribution in [1.82, 2.24) is 0 Å². The average Bonchev–Trinajstić information content (AvgIpc) is 2.61. The van der Waals surface area contributed by atoms with E-state index in [9.17, 15) is 4.39 Å². The topological polar surface area (TPSA) is 0 Å². The largest absolute Gasteiger partial charge is 0.244 e. The van der Waals surface area contributed by atoms with Gasteiger partial charge in [-0.15, -0.1) is 0 Å². The first-order valence-corrected chi connectivity index (χ1v) is 10.4. The molecule has 2 atom stereocenters. The molecule has 1 heteroatoms. The molecule has 0 radical (unpaired) electrons. The Morgan fingerprint density at radius 2 is 1.88 bits per heavy atom. The van der Waals surface area contributed by atoms with Gasteiger partial charge >= 0.3 is 0 Å². The first-order chi connectivity index (χ1) is 11.9. The minimum Gasteiger partial charge on any atom is -0.244 e. The smallest absolute Gasteiger partial charge is 0.108 e. The summed E-state index contributed by atoms with van der Waals surface area (Å²) in [4.78, 5) is 0. The molecule has 2 aliphatic carbocycles. The van der Waals surface area contributed by atoms with E-state index < -0.39 is 5.67 Å². The number of halogens is 1. The maximum Gasteiger partial charge on any atom is 0.108 e. The molecule has 2 aliphatic rings. The van der Waals surface area contributed by atoms with E-state index in [1.807, 2.05) is 0 Å². The molecule has 0 heterocycles. The Morgan fingerprint density at radius 1 is 1.20 bits per heavy atom. The van der Waals surface area contributed by atoms with Crippen LogP contribution in [0.15, 0.2) is 36.4 Å².